The molecule has 1 heterocycles. The highest BCUT2D eigenvalue weighted by Gasteiger charge is 2.49. The van der Waals surface area contributed by atoms with Crippen LogP contribution in [0.4, 0.5) is 0 Å². The van der Waals surface area contributed by atoms with Gasteiger partial charge in [-0.1, -0.05) is 42.5 Å². The van der Waals surface area contributed by atoms with Crippen LogP contribution in [0.3, 0.4) is 0 Å². The van der Waals surface area contributed by atoms with Crippen LogP contribution in [0, 0.1) is 5.92 Å². The quantitative estimate of drug-likeness (QED) is 0.351. The zero-order valence-corrected chi connectivity index (χ0v) is 23.6. The van der Waals surface area contributed by atoms with Gasteiger partial charge in [0.2, 0.25) is 0 Å². The standard InChI is InChI=1S/C32H37NO7/c1-20-17-24(18-21-11-15-25(37-3)16-12-21)32(2,40-20)31(36)33-26(30(34)35)19-22-9-13-23(14-10-22)29-27(38-4)7-6-8-28(29)39-5/h6-16,20,24,26H,17-19H2,1-5H3,(H,33,36)(H,34,35)/t20?,24?,26-,32?/m0/s1. The number of amides is 1. The molecule has 4 atom stereocenters. The lowest BCUT2D eigenvalue weighted by atomic mass is 9.82. The van der Waals surface area contributed by atoms with Crippen LogP contribution in [0.15, 0.2) is 66.7 Å². The third kappa shape index (κ3) is 6.23. The Bertz CT molecular complexity index is 1300. The fourth-order valence-electron chi connectivity index (χ4n) is 5.43. The van der Waals surface area contributed by atoms with Gasteiger partial charge in [-0.3, -0.25) is 4.79 Å². The molecule has 2 N–H and O–H groups in total. The lowest BCUT2D eigenvalue weighted by Crippen LogP contribution is -2.54. The topological polar surface area (TPSA) is 103 Å². The largest absolute Gasteiger partial charge is 0.497 e. The summed E-state index contributed by atoms with van der Waals surface area (Å²) in [6, 6.07) is 19.7. The summed E-state index contributed by atoms with van der Waals surface area (Å²) in [6.45, 7) is 3.70. The van der Waals surface area contributed by atoms with Crippen LogP contribution in [0.5, 0.6) is 17.2 Å². The van der Waals surface area contributed by atoms with E-state index >= 15 is 0 Å². The molecule has 1 amide bonds. The van der Waals surface area contributed by atoms with Crippen LogP contribution < -0.4 is 19.5 Å². The highest BCUT2D eigenvalue weighted by Crippen LogP contribution is 2.40. The third-order valence-corrected chi connectivity index (χ3v) is 7.65. The second-order valence-corrected chi connectivity index (χ2v) is 10.3. The zero-order valence-electron chi connectivity index (χ0n) is 23.6. The van der Waals surface area contributed by atoms with Gasteiger partial charge in [0.05, 0.1) is 33.0 Å². The normalized spacial score (nSPS) is 20.9. The van der Waals surface area contributed by atoms with Crippen molar-refractivity contribution in [2.24, 2.45) is 5.92 Å². The first-order valence-electron chi connectivity index (χ1n) is 13.3. The van der Waals surface area contributed by atoms with E-state index in [1.54, 1.807) is 28.3 Å². The van der Waals surface area contributed by atoms with E-state index in [0.717, 1.165) is 28.0 Å². The number of carboxylic acids is 1. The Morgan fingerprint density at radius 3 is 2.10 bits per heavy atom. The van der Waals surface area contributed by atoms with Gasteiger partial charge in [-0.2, -0.15) is 0 Å². The molecule has 1 aliphatic rings. The number of carbonyl (C=O) groups is 2. The van der Waals surface area contributed by atoms with E-state index in [9.17, 15) is 14.7 Å². The molecular weight excluding hydrogens is 510 g/mol. The van der Waals surface area contributed by atoms with Gasteiger partial charge in [0, 0.05) is 12.3 Å². The van der Waals surface area contributed by atoms with Crippen molar-refractivity contribution in [1.29, 1.82) is 0 Å². The maximum atomic E-state index is 13.6. The highest BCUT2D eigenvalue weighted by atomic mass is 16.5. The number of hydrogen-bond donors (Lipinski definition) is 2. The molecule has 0 aromatic heterocycles. The molecular formula is C32H37NO7. The predicted molar refractivity (Wildman–Crippen MR) is 152 cm³/mol. The van der Waals surface area contributed by atoms with Gasteiger partial charge in [0.15, 0.2) is 0 Å². The maximum absolute atomic E-state index is 13.6. The zero-order chi connectivity index (χ0) is 28.9. The smallest absolute Gasteiger partial charge is 0.326 e. The summed E-state index contributed by atoms with van der Waals surface area (Å²) in [4.78, 5) is 25.8. The van der Waals surface area contributed by atoms with Crippen molar-refractivity contribution >= 4 is 11.9 Å². The highest BCUT2D eigenvalue weighted by molar-refractivity contribution is 5.90. The molecule has 3 unspecified atom stereocenters. The van der Waals surface area contributed by atoms with Gasteiger partial charge in [0.25, 0.3) is 5.91 Å². The van der Waals surface area contributed by atoms with Crippen LogP contribution in [0.1, 0.15) is 31.4 Å². The summed E-state index contributed by atoms with van der Waals surface area (Å²) in [5.74, 6) is 0.473. The molecule has 4 rings (SSSR count). The van der Waals surface area contributed by atoms with Crippen LogP contribution in [0.25, 0.3) is 11.1 Å². The van der Waals surface area contributed by atoms with E-state index in [2.05, 4.69) is 5.32 Å². The van der Waals surface area contributed by atoms with Crippen molar-refractivity contribution < 1.29 is 33.6 Å². The van der Waals surface area contributed by atoms with Crippen LogP contribution in [-0.4, -0.2) is 56.1 Å². The molecule has 0 saturated carbocycles. The molecule has 0 bridgehead atoms. The molecule has 0 spiro atoms. The Labute approximate surface area is 235 Å². The summed E-state index contributed by atoms with van der Waals surface area (Å²) in [5, 5.41) is 12.7. The number of rotatable bonds is 11. The minimum absolute atomic E-state index is 0.111. The Morgan fingerprint density at radius 1 is 0.950 bits per heavy atom. The minimum Gasteiger partial charge on any atom is -0.497 e. The second kappa shape index (κ2) is 12.4. The van der Waals surface area contributed by atoms with Gasteiger partial charge < -0.3 is 29.4 Å². The molecule has 1 fully saturated rings. The number of methoxy groups -OCH3 is 3. The predicted octanol–water partition coefficient (Wildman–Crippen LogP) is 4.92. The van der Waals surface area contributed by atoms with Gasteiger partial charge in [0.1, 0.15) is 28.9 Å². The first-order valence-corrected chi connectivity index (χ1v) is 13.3. The van der Waals surface area contributed by atoms with E-state index in [4.69, 9.17) is 18.9 Å². The summed E-state index contributed by atoms with van der Waals surface area (Å²) in [7, 11) is 4.82. The summed E-state index contributed by atoms with van der Waals surface area (Å²) < 4.78 is 22.4. The molecule has 0 aliphatic carbocycles. The first kappa shape index (κ1) is 29.0. The molecule has 3 aromatic rings. The van der Waals surface area contributed by atoms with Crippen LogP contribution >= 0.6 is 0 Å². The Morgan fingerprint density at radius 2 is 1.55 bits per heavy atom. The van der Waals surface area contributed by atoms with Crippen LogP contribution in [-0.2, 0) is 27.2 Å². The van der Waals surface area contributed by atoms with E-state index in [-0.39, 0.29) is 18.4 Å². The van der Waals surface area contributed by atoms with Gasteiger partial charge >= 0.3 is 5.97 Å². The number of ether oxygens (including phenoxy) is 4. The van der Waals surface area contributed by atoms with Gasteiger partial charge in [-0.25, -0.2) is 4.79 Å². The Balaban J connectivity index is 1.49. The molecule has 212 valence electrons. The average molecular weight is 548 g/mol. The van der Waals surface area contributed by atoms with E-state index < -0.39 is 23.5 Å². The number of benzene rings is 3. The Kier molecular flexibility index (Phi) is 9.00. The maximum Gasteiger partial charge on any atom is 0.326 e. The molecule has 3 aromatic carbocycles. The number of carbonyl (C=O) groups excluding carboxylic acids is 1. The summed E-state index contributed by atoms with van der Waals surface area (Å²) in [5.41, 5.74) is 2.36. The van der Waals surface area contributed by atoms with Crippen molar-refractivity contribution in [1.82, 2.24) is 5.32 Å². The molecule has 40 heavy (non-hydrogen) atoms. The number of aliphatic carboxylic acids is 1. The van der Waals surface area contributed by atoms with Crippen LogP contribution in [0.2, 0.25) is 0 Å². The SMILES string of the molecule is COc1ccc(CC2CC(C)OC2(C)C(=O)N[C@@H](Cc2ccc(-c3c(OC)cccc3OC)cc2)C(=O)O)cc1. The number of nitrogens with one attached hydrogen (secondary N) is 1. The average Bonchev–Trinajstić information content (AvgIpc) is 3.26. The molecule has 1 saturated heterocycles. The molecule has 8 heteroatoms. The van der Waals surface area contributed by atoms with Crippen molar-refractivity contribution in [2.75, 3.05) is 21.3 Å². The van der Waals surface area contributed by atoms with Crippen molar-refractivity contribution in [2.45, 2.75) is 50.9 Å². The monoisotopic (exact) mass is 547 g/mol. The third-order valence-electron chi connectivity index (χ3n) is 7.65. The second-order valence-electron chi connectivity index (χ2n) is 10.3. The van der Waals surface area contributed by atoms with E-state index in [1.165, 1.54) is 0 Å². The first-order chi connectivity index (χ1) is 19.2. The van der Waals surface area contributed by atoms with Crippen molar-refractivity contribution in [3.8, 4) is 28.4 Å². The molecule has 1 aliphatic heterocycles. The fourth-order valence-corrected chi connectivity index (χ4v) is 5.43. The van der Waals surface area contributed by atoms with Crippen molar-refractivity contribution in [3.05, 3.63) is 77.9 Å². The van der Waals surface area contributed by atoms with E-state index in [0.29, 0.717) is 24.3 Å². The summed E-state index contributed by atoms with van der Waals surface area (Å²) >= 11 is 0. The minimum atomic E-state index is -1.16. The number of carboxylic acid groups (broad SMARTS) is 1. The molecule has 0 radical (unpaired) electrons. The van der Waals surface area contributed by atoms with Crippen molar-refractivity contribution in [3.63, 3.8) is 0 Å². The van der Waals surface area contributed by atoms with E-state index in [1.807, 2.05) is 73.7 Å². The molecule has 8 nitrogen and oxygen atoms in total. The fraction of sp³-hybridized carbons (Fsp3) is 0.375. The lowest BCUT2D eigenvalue weighted by Gasteiger charge is -2.31. The summed E-state index contributed by atoms with van der Waals surface area (Å²) in [6.07, 6.45) is 1.33. The Hall–Kier alpha value is -4.04. The van der Waals surface area contributed by atoms with Gasteiger partial charge in [-0.05, 0) is 67.6 Å². The number of hydrogen-bond acceptors (Lipinski definition) is 6. The lowest BCUT2D eigenvalue weighted by molar-refractivity contribution is -0.151. The van der Waals surface area contributed by atoms with Gasteiger partial charge in [-0.15, -0.1) is 0 Å².